The Hall–Kier alpha value is -1.85. The lowest BCUT2D eigenvalue weighted by Crippen LogP contribution is -2.34. The molecule has 0 saturated heterocycles. The number of nitrogen functional groups attached to an aromatic ring is 1. The van der Waals surface area contributed by atoms with E-state index in [0.29, 0.717) is 11.6 Å². The van der Waals surface area contributed by atoms with Crippen LogP contribution in [0.1, 0.15) is 0 Å². The molecule has 82 valence electrons. The van der Waals surface area contributed by atoms with Gasteiger partial charge in [-0.05, 0) is 0 Å². The molecule has 0 aliphatic rings. The van der Waals surface area contributed by atoms with E-state index >= 15 is 0 Å². The van der Waals surface area contributed by atoms with Crippen molar-refractivity contribution in [3.05, 3.63) is 12.4 Å². The van der Waals surface area contributed by atoms with Crippen LogP contribution in [0.2, 0.25) is 0 Å². The molecule has 0 atom stereocenters. The molecule has 0 unspecified atom stereocenters. The molecule has 0 radical (unpaired) electrons. The van der Waals surface area contributed by atoms with Gasteiger partial charge in [-0.1, -0.05) is 0 Å². The molecule has 15 heavy (non-hydrogen) atoms. The topological polar surface area (TPSA) is 75.4 Å². The van der Waals surface area contributed by atoms with Crippen molar-refractivity contribution >= 4 is 17.5 Å². The molecule has 0 aromatic carbocycles. The lowest BCUT2D eigenvalue weighted by molar-refractivity contribution is -0.127. The fourth-order valence-electron chi connectivity index (χ4n) is 0.954. The highest BCUT2D eigenvalue weighted by molar-refractivity contribution is 5.80. The van der Waals surface area contributed by atoms with Crippen LogP contribution in [0.25, 0.3) is 0 Å². The lowest BCUT2D eigenvalue weighted by Gasteiger charge is -2.19. The van der Waals surface area contributed by atoms with Gasteiger partial charge in [0.1, 0.15) is 11.6 Å². The van der Waals surface area contributed by atoms with E-state index < -0.39 is 0 Å². The van der Waals surface area contributed by atoms with Crippen molar-refractivity contribution in [2.24, 2.45) is 0 Å². The number of carbonyl (C=O) groups excluding carboxylic acids is 1. The Morgan fingerprint density at radius 1 is 1.33 bits per heavy atom. The van der Waals surface area contributed by atoms with Gasteiger partial charge in [-0.3, -0.25) is 4.79 Å². The summed E-state index contributed by atoms with van der Waals surface area (Å²) in [5, 5.41) is 0. The average Bonchev–Trinajstić information content (AvgIpc) is 2.18. The van der Waals surface area contributed by atoms with Gasteiger partial charge in [-0.2, -0.15) is 0 Å². The Labute approximate surface area is 88.7 Å². The highest BCUT2D eigenvalue weighted by Crippen LogP contribution is 2.06. The first-order valence-electron chi connectivity index (χ1n) is 4.49. The number of hydrogen-bond acceptors (Lipinski definition) is 5. The molecule has 0 bridgehead atoms. The molecule has 0 spiro atoms. The molecule has 0 fully saturated rings. The van der Waals surface area contributed by atoms with Crippen molar-refractivity contribution in [1.29, 1.82) is 0 Å². The number of carbonyl (C=O) groups is 1. The van der Waals surface area contributed by atoms with Crippen molar-refractivity contribution in [2.75, 3.05) is 38.3 Å². The molecule has 0 saturated carbocycles. The van der Waals surface area contributed by atoms with E-state index in [-0.39, 0.29) is 12.5 Å². The van der Waals surface area contributed by atoms with Gasteiger partial charge < -0.3 is 15.5 Å². The number of likely N-dealkylation sites (N-methyl/N-ethyl adjacent to an activating group) is 2. The molecule has 1 aromatic rings. The van der Waals surface area contributed by atoms with Crippen LogP contribution in [0.15, 0.2) is 12.4 Å². The second kappa shape index (κ2) is 4.59. The average molecular weight is 209 g/mol. The highest BCUT2D eigenvalue weighted by atomic mass is 16.2. The Balaban J connectivity index is 2.65. The first-order valence-corrected chi connectivity index (χ1v) is 4.49. The third kappa shape index (κ3) is 3.08. The maximum absolute atomic E-state index is 11.4. The van der Waals surface area contributed by atoms with Crippen LogP contribution < -0.4 is 10.6 Å². The second-order valence-corrected chi connectivity index (χ2v) is 3.44. The third-order valence-electron chi connectivity index (χ3n) is 1.92. The minimum atomic E-state index is 0.0103. The third-order valence-corrected chi connectivity index (χ3v) is 1.92. The summed E-state index contributed by atoms with van der Waals surface area (Å²) in [6, 6.07) is 0. The number of nitrogens with zero attached hydrogens (tertiary/aromatic N) is 4. The molecule has 2 N–H and O–H groups in total. The summed E-state index contributed by atoms with van der Waals surface area (Å²) in [5.41, 5.74) is 5.41. The molecular weight excluding hydrogens is 194 g/mol. The van der Waals surface area contributed by atoms with E-state index in [9.17, 15) is 4.79 Å². The number of amides is 1. The summed E-state index contributed by atoms with van der Waals surface area (Å²) in [5.74, 6) is 1.00. The van der Waals surface area contributed by atoms with Crippen LogP contribution in [0.3, 0.4) is 0 Å². The Morgan fingerprint density at radius 3 is 2.47 bits per heavy atom. The quantitative estimate of drug-likeness (QED) is 0.732. The smallest absolute Gasteiger partial charge is 0.241 e. The van der Waals surface area contributed by atoms with Crippen molar-refractivity contribution in [2.45, 2.75) is 0 Å². The van der Waals surface area contributed by atoms with Crippen LogP contribution in [0, 0.1) is 0 Å². The SMILES string of the molecule is CN(C)C(=O)CN(C)c1cnc(N)cn1. The fourth-order valence-corrected chi connectivity index (χ4v) is 0.954. The predicted molar refractivity (Wildman–Crippen MR) is 58.4 cm³/mol. The van der Waals surface area contributed by atoms with Crippen LogP contribution in [0.4, 0.5) is 11.6 Å². The number of aromatic nitrogens is 2. The standard InChI is InChI=1S/C9H15N5O/c1-13(2)9(15)6-14(3)8-5-11-7(10)4-12-8/h4-5H,6H2,1-3H3,(H2,10,11). The zero-order chi connectivity index (χ0) is 11.4. The second-order valence-electron chi connectivity index (χ2n) is 3.44. The fraction of sp³-hybridized carbons (Fsp3) is 0.444. The van der Waals surface area contributed by atoms with Crippen molar-refractivity contribution < 1.29 is 4.79 Å². The largest absolute Gasteiger partial charge is 0.382 e. The highest BCUT2D eigenvalue weighted by Gasteiger charge is 2.09. The van der Waals surface area contributed by atoms with Gasteiger partial charge in [0.15, 0.2) is 0 Å². The molecule has 0 aliphatic heterocycles. The summed E-state index contributed by atoms with van der Waals surface area (Å²) in [6.45, 7) is 0.269. The number of rotatable bonds is 3. The molecule has 6 heteroatoms. The normalized spacial score (nSPS) is 9.80. The first kappa shape index (κ1) is 11.2. The van der Waals surface area contributed by atoms with Crippen LogP contribution >= 0.6 is 0 Å². The Bertz CT molecular complexity index is 335. The van der Waals surface area contributed by atoms with E-state index in [1.165, 1.54) is 17.3 Å². The van der Waals surface area contributed by atoms with E-state index in [2.05, 4.69) is 9.97 Å². The maximum Gasteiger partial charge on any atom is 0.241 e. The van der Waals surface area contributed by atoms with Crippen molar-refractivity contribution in [1.82, 2.24) is 14.9 Å². The van der Waals surface area contributed by atoms with Crippen molar-refractivity contribution in [3.63, 3.8) is 0 Å². The minimum absolute atomic E-state index is 0.0103. The zero-order valence-corrected chi connectivity index (χ0v) is 9.14. The molecule has 0 aliphatic carbocycles. The van der Waals surface area contributed by atoms with Crippen LogP contribution in [0.5, 0.6) is 0 Å². The number of hydrogen-bond donors (Lipinski definition) is 1. The number of nitrogens with two attached hydrogens (primary N) is 1. The predicted octanol–water partition coefficient (Wildman–Crippen LogP) is -0.417. The van der Waals surface area contributed by atoms with Gasteiger partial charge in [0.25, 0.3) is 0 Å². The van der Waals surface area contributed by atoms with Gasteiger partial charge in [-0.25, -0.2) is 9.97 Å². The summed E-state index contributed by atoms with van der Waals surface area (Å²) < 4.78 is 0. The van der Waals surface area contributed by atoms with E-state index in [0.717, 1.165) is 0 Å². The Kier molecular flexibility index (Phi) is 3.43. The van der Waals surface area contributed by atoms with Crippen molar-refractivity contribution in [3.8, 4) is 0 Å². The summed E-state index contributed by atoms with van der Waals surface area (Å²) in [4.78, 5) is 22.6. The van der Waals surface area contributed by atoms with Gasteiger partial charge >= 0.3 is 0 Å². The van der Waals surface area contributed by atoms with E-state index in [1.54, 1.807) is 26.0 Å². The van der Waals surface area contributed by atoms with Gasteiger partial charge in [0.05, 0.1) is 18.9 Å². The molecule has 1 rings (SSSR count). The summed E-state index contributed by atoms with van der Waals surface area (Å²) >= 11 is 0. The minimum Gasteiger partial charge on any atom is -0.382 e. The first-order chi connectivity index (χ1) is 7.00. The summed E-state index contributed by atoms with van der Waals surface area (Å²) in [6.07, 6.45) is 3.00. The number of anilines is 2. The van der Waals surface area contributed by atoms with Gasteiger partial charge in [0.2, 0.25) is 5.91 Å². The molecular formula is C9H15N5O. The van der Waals surface area contributed by atoms with E-state index in [4.69, 9.17) is 5.73 Å². The summed E-state index contributed by atoms with van der Waals surface area (Å²) in [7, 11) is 5.21. The van der Waals surface area contributed by atoms with Gasteiger partial charge in [-0.15, -0.1) is 0 Å². The molecule has 6 nitrogen and oxygen atoms in total. The van der Waals surface area contributed by atoms with E-state index in [1.807, 2.05) is 0 Å². The molecule has 1 amide bonds. The lowest BCUT2D eigenvalue weighted by atomic mass is 10.4. The van der Waals surface area contributed by atoms with Gasteiger partial charge in [0, 0.05) is 21.1 Å². The molecule has 1 aromatic heterocycles. The zero-order valence-electron chi connectivity index (χ0n) is 9.14. The Morgan fingerprint density at radius 2 is 2.00 bits per heavy atom. The van der Waals surface area contributed by atoms with Crippen LogP contribution in [-0.2, 0) is 4.79 Å². The van der Waals surface area contributed by atoms with Crippen LogP contribution in [-0.4, -0.2) is 48.5 Å². The monoisotopic (exact) mass is 209 g/mol. The molecule has 1 heterocycles. The maximum atomic E-state index is 11.4.